The fourth-order valence-corrected chi connectivity index (χ4v) is 9.08. The summed E-state index contributed by atoms with van der Waals surface area (Å²) in [6, 6.07) is -0.711. The number of aliphatic hydroxyl groups excluding tert-OH is 2. The summed E-state index contributed by atoms with van der Waals surface area (Å²) in [6.07, 6.45) is 64.9. The molecular weight excluding hydrogens is 815 g/mol. The lowest BCUT2D eigenvalue weighted by Gasteiger charge is -2.24. The number of unbranched alkanes of at least 4 members (excludes halogenated alkanes) is 37. The molecule has 6 heteroatoms. The van der Waals surface area contributed by atoms with Gasteiger partial charge in [-0.25, -0.2) is 0 Å². The van der Waals surface area contributed by atoms with Crippen LogP contribution in [-0.2, 0) is 14.3 Å². The van der Waals surface area contributed by atoms with Crippen LogP contribution in [0.15, 0.2) is 36.5 Å². The largest absolute Gasteiger partial charge is 0.462 e. The molecule has 0 saturated heterocycles. The Morgan fingerprint density at radius 1 is 0.439 bits per heavy atom. The van der Waals surface area contributed by atoms with Crippen LogP contribution in [0.2, 0.25) is 0 Å². The molecule has 3 atom stereocenters. The number of carbonyl (C=O) groups is 2. The number of esters is 1. The Hall–Kier alpha value is -1.92. The van der Waals surface area contributed by atoms with Gasteiger partial charge in [0.05, 0.1) is 25.2 Å². The zero-order valence-corrected chi connectivity index (χ0v) is 44.3. The van der Waals surface area contributed by atoms with Crippen LogP contribution in [0.1, 0.15) is 310 Å². The lowest BCUT2D eigenvalue weighted by Crippen LogP contribution is -2.46. The smallest absolute Gasteiger partial charge is 0.306 e. The topological polar surface area (TPSA) is 95.9 Å². The van der Waals surface area contributed by atoms with E-state index in [9.17, 15) is 19.8 Å². The van der Waals surface area contributed by atoms with E-state index in [0.29, 0.717) is 19.3 Å². The van der Waals surface area contributed by atoms with Gasteiger partial charge in [0, 0.05) is 6.42 Å². The van der Waals surface area contributed by atoms with Crippen LogP contribution in [0.4, 0.5) is 0 Å². The quantitative estimate of drug-likeness (QED) is 0.0321. The molecule has 388 valence electrons. The van der Waals surface area contributed by atoms with E-state index in [2.05, 4.69) is 62.5 Å². The maximum Gasteiger partial charge on any atom is 0.306 e. The summed E-state index contributed by atoms with van der Waals surface area (Å²) < 4.78 is 5.95. The molecule has 3 unspecified atom stereocenters. The van der Waals surface area contributed by atoms with Gasteiger partial charge in [0.2, 0.25) is 5.91 Å². The SMILES string of the molecule is CCCCCCC/C=C/C=C/C=C/CCCCCC(CC(=O)NC(CO)C(O)CCCCCCCCCCCCCCCCCC)OC(=O)CCCCCCCCCCCCCCCCC. The Kier molecular flexibility index (Phi) is 52.5. The molecule has 3 N–H and O–H groups in total. The van der Waals surface area contributed by atoms with Crippen LogP contribution in [-0.4, -0.2) is 46.9 Å². The summed E-state index contributed by atoms with van der Waals surface area (Å²) in [7, 11) is 0. The van der Waals surface area contributed by atoms with E-state index >= 15 is 0 Å². The summed E-state index contributed by atoms with van der Waals surface area (Å²) in [6.45, 7) is 6.50. The van der Waals surface area contributed by atoms with Gasteiger partial charge < -0.3 is 20.3 Å². The van der Waals surface area contributed by atoms with Gasteiger partial charge in [-0.2, -0.15) is 0 Å². The summed E-state index contributed by atoms with van der Waals surface area (Å²) >= 11 is 0. The van der Waals surface area contributed by atoms with Gasteiger partial charge in [-0.15, -0.1) is 0 Å². The van der Waals surface area contributed by atoms with Crippen molar-refractivity contribution in [2.75, 3.05) is 6.61 Å². The van der Waals surface area contributed by atoms with E-state index in [0.717, 1.165) is 70.6 Å². The lowest BCUT2D eigenvalue weighted by molar-refractivity contribution is -0.151. The van der Waals surface area contributed by atoms with Crippen LogP contribution in [0.25, 0.3) is 0 Å². The number of allylic oxidation sites excluding steroid dienone is 6. The van der Waals surface area contributed by atoms with Crippen LogP contribution >= 0.6 is 0 Å². The van der Waals surface area contributed by atoms with Crippen LogP contribution in [0.3, 0.4) is 0 Å². The molecule has 0 aromatic rings. The minimum atomic E-state index is -0.795. The Balaban J connectivity index is 4.58. The number of amides is 1. The Bertz CT molecular complexity index is 1090. The summed E-state index contributed by atoms with van der Waals surface area (Å²) in [5.41, 5.74) is 0. The molecule has 0 aliphatic rings. The van der Waals surface area contributed by atoms with Crippen molar-refractivity contribution in [1.82, 2.24) is 5.32 Å². The van der Waals surface area contributed by atoms with Gasteiger partial charge in [-0.05, 0) is 51.4 Å². The summed E-state index contributed by atoms with van der Waals surface area (Å²) in [5, 5.41) is 23.9. The van der Waals surface area contributed by atoms with Crippen LogP contribution in [0, 0.1) is 0 Å². The fraction of sp³-hybridized carbons (Fsp3) is 0.867. The van der Waals surface area contributed by atoms with Gasteiger partial charge in [0.25, 0.3) is 0 Å². The maximum atomic E-state index is 13.3. The van der Waals surface area contributed by atoms with Crippen molar-refractivity contribution < 1.29 is 24.5 Å². The lowest BCUT2D eigenvalue weighted by atomic mass is 10.0. The number of hydrogen-bond donors (Lipinski definition) is 3. The first kappa shape index (κ1) is 64.1. The molecular formula is C60H113NO5. The molecule has 0 heterocycles. The molecule has 0 aliphatic heterocycles. The normalized spacial score (nSPS) is 13.3. The van der Waals surface area contributed by atoms with Crippen molar-refractivity contribution in [3.63, 3.8) is 0 Å². The standard InChI is InChI=1S/C60H113NO5/c1-4-7-10-13-16-19-22-25-28-31-33-36-39-42-45-48-51-56(66-60(65)53-50-47-44-41-38-35-30-27-24-21-18-15-12-9-6-3)54-59(64)61-57(55-62)58(63)52-49-46-43-40-37-34-32-29-26-23-20-17-14-11-8-5-2/h22,25,28,31,33,36,56-58,62-63H,4-21,23-24,26-27,29-30,32,34-35,37-55H2,1-3H3,(H,61,64)/b25-22+,31-28+,36-33+. The third kappa shape index (κ3) is 48.5. The predicted octanol–water partition coefficient (Wildman–Crippen LogP) is 18.0. The first-order valence-corrected chi connectivity index (χ1v) is 29.2. The second-order valence-electron chi connectivity index (χ2n) is 20.1. The molecule has 0 aromatic carbocycles. The highest BCUT2D eigenvalue weighted by molar-refractivity contribution is 5.77. The second-order valence-corrected chi connectivity index (χ2v) is 20.1. The molecule has 0 bridgehead atoms. The Morgan fingerprint density at radius 3 is 1.17 bits per heavy atom. The molecule has 6 nitrogen and oxygen atoms in total. The van der Waals surface area contributed by atoms with Gasteiger partial charge >= 0.3 is 5.97 Å². The zero-order chi connectivity index (χ0) is 48.1. The number of ether oxygens (including phenoxy) is 1. The Labute approximate surface area is 411 Å². The number of hydrogen-bond acceptors (Lipinski definition) is 5. The molecule has 0 aromatic heterocycles. The van der Waals surface area contributed by atoms with Gasteiger partial charge in [-0.3, -0.25) is 9.59 Å². The minimum absolute atomic E-state index is 0.0593. The fourth-order valence-electron chi connectivity index (χ4n) is 9.08. The number of aliphatic hydroxyl groups is 2. The highest BCUT2D eigenvalue weighted by Crippen LogP contribution is 2.18. The predicted molar refractivity (Wildman–Crippen MR) is 287 cm³/mol. The average molecular weight is 929 g/mol. The first-order valence-electron chi connectivity index (χ1n) is 29.2. The van der Waals surface area contributed by atoms with Gasteiger partial charge in [0.15, 0.2) is 0 Å². The number of carbonyl (C=O) groups excluding carboxylic acids is 2. The number of nitrogens with one attached hydrogen (secondary N) is 1. The van der Waals surface area contributed by atoms with Gasteiger partial charge in [0.1, 0.15) is 6.10 Å². The van der Waals surface area contributed by atoms with E-state index in [1.807, 2.05) is 0 Å². The monoisotopic (exact) mass is 928 g/mol. The molecule has 0 saturated carbocycles. The van der Waals surface area contributed by atoms with E-state index < -0.39 is 18.2 Å². The third-order valence-corrected chi connectivity index (χ3v) is 13.5. The average Bonchev–Trinajstić information content (AvgIpc) is 3.31. The van der Waals surface area contributed by atoms with E-state index in [-0.39, 0.29) is 24.9 Å². The zero-order valence-electron chi connectivity index (χ0n) is 44.3. The van der Waals surface area contributed by atoms with Gasteiger partial charge in [-0.1, -0.05) is 282 Å². The molecule has 0 aliphatic carbocycles. The summed E-state index contributed by atoms with van der Waals surface area (Å²) in [5.74, 6) is -0.491. The highest BCUT2D eigenvalue weighted by Gasteiger charge is 2.24. The van der Waals surface area contributed by atoms with Crippen molar-refractivity contribution in [2.45, 2.75) is 328 Å². The van der Waals surface area contributed by atoms with Crippen molar-refractivity contribution >= 4 is 11.9 Å². The maximum absolute atomic E-state index is 13.3. The van der Waals surface area contributed by atoms with E-state index in [1.165, 1.54) is 193 Å². The molecule has 0 spiro atoms. The van der Waals surface area contributed by atoms with E-state index in [4.69, 9.17) is 4.74 Å². The number of rotatable bonds is 53. The summed E-state index contributed by atoms with van der Waals surface area (Å²) in [4.78, 5) is 26.3. The van der Waals surface area contributed by atoms with Crippen molar-refractivity contribution in [3.05, 3.63) is 36.5 Å². The second kappa shape index (κ2) is 54.0. The minimum Gasteiger partial charge on any atom is -0.462 e. The van der Waals surface area contributed by atoms with Crippen molar-refractivity contribution in [1.29, 1.82) is 0 Å². The molecule has 0 radical (unpaired) electrons. The molecule has 0 fully saturated rings. The van der Waals surface area contributed by atoms with E-state index in [1.54, 1.807) is 0 Å². The molecule has 0 rings (SSSR count). The van der Waals surface area contributed by atoms with Crippen LogP contribution < -0.4 is 5.32 Å². The van der Waals surface area contributed by atoms with Crippen molar-refractivity contribution in [2.24, 2.45) is 0 Å². The molecule has 1 amide bonds. The Morgan fingerprint density at radius 2 is 0.773 bits per heavy atom. The molecule has 66 heavy (non-hydrogen) atoms. The third-order valence-electron chi connectivity index (χ3n) is 13.5. The van der Waals surface area contributed by atoms with Crippen LogP contribution in [0.5, 0.6) is 0 Å². The highest BCUT2D eigenvalue weighted by atomic mass is 16.5. The van der Waals surface area contributed by atoms with Crippen molar-refractivity contribution in [3.8, 4) is 0 Å². The first-order chi connectivity index (χ1) is 32.5.